The van der Waals surface area contributed by atoms with Crippen LogP contribution in [0.3, 0.4) is 0 Å². The van der Waals surface area contributed by atoms with Crippen LogP contribution in [0.1, 0.15) is 71.1 Å². The normalized spacial score (nSPS) is 10.8. The van der Waals surface area contributed by atoms with Gasteiger partial charge in [0, 0.05) is 4.90 Å². The van der Waals surface area contributed by atoms with Gasteiger partial charge in [0.1, 0.15) is 5.75 Å². The standard InChI is InChI=1S/C24H34OS/c1-2-3-4-5-6-7-8-9-10-11-20-25-23-16-12-21(13-17-23)22-14-18-24(26)19-15-22/h12-19,26H,2-11,20H2,1H3. The van der Waals surface area contributed by atoms with Crippen LogP contribution in [-0.2, 0) is 0 Å². The SMILES string of the molecule is CCCCCCCCCCCCOc1ccc(-c2ccc(S)cc2)cc1. The monoisotopic (exact) mass is 370 g/mol. The zero-order valence-electron chi connectivity index (χ0n) is 16.3. The van der Waals surface area contributed by atoms with Crippen molar-refractivity contribution in [1.29, 1.82) is 0 Å². The first-order valence-corrected chi connectivity index (χ1v) is 10.8. The number of ether oxygens (including phenoxy) is 1. The van der Waals surface area contributed by atoms with E-state index in [9.17, 15) is 0 Å². The summed E-state index contributed by atoms with van der Waals surface area (Å²) in [4.78, 5) is 0.991. The molecule has 0 atom stereocenters. The molecule has 0 bridgehead atoms. The van der Waals surface area contributed by atoms with Crippen LogP contribution in [0.5, 0.6) is 5.75 Å². The third kappa shape index (κ3) is 8.31. The lowest BCUT2D eigenvalue weighted by atomic mass is 10.1. The second-order valence-corrected chi connectivity index (χ2v) is 7.62. The van der Waals surface area contributed by atoms with Crippen LogP contribution in [0, 0.1) is 0 Å². The lowest BCUT2D eigenvalue weighted by Gasteiger charge is -2.08. The van der Waals surface area contributed by atoms with Crippen LogP contribution in [0.25, 0.3) is 11.1 Å². The Bertz CT molecular complexity index is 589. The molecule has 2 aromatic rings. The molecule has 1 nitrogen and oxygen atoms in total. The van der Waals surface area contributed by atoms with E-state index < -0.39 is 0 Å². The number of hydrogen-bond donors (Lipinski definition) is 1. The highest BCUT2D eigenvalue weighted by molar-refractivity contribution is 7.80. The van der Waals surface area contributed by atoms with Crippen molar-refractivity contribution in [3.05, 3.63) is 48.5 Å². The molecular weight excluding hydrogens is 336 g/mol. The van der Waals surface area contributed by atoms with E-state index in [1.807, 2.05) is 12.1 Å². The summed E-state index contributed by atoms with van der Waals surface area (Å²) in [5, 5.41) is 0. The first kappa shape index (κ1) is 20.9. The zero-order chi connectivity index (χ0) is 18.5. The maximum Gasteiger partial charge on any atom is 0.119 e. The number of thiol groups is 1. The zero-order valence-corrected chi connectivity index (χ0v) is 17.1. The van der Waals surface area contributed by atoms with E-state index in [1.54, 1.807) is 0 Å². The van der Waals surface area contributed by atoms with Crippen LogP contribution in [0.4, 0.5) is 0 Å². The molecule has 0 aliphatic heterocycles. The summed E-state index contributed by atoms with van der Waals surface area (Å²) in [7, 11) is 0. The van der Waals surface area contributed by atoms with Crippen molar-refractivity contribution < 1.29 is 4.74 Å². The molecule has 26 heavy (non-hydrogen) atoms. The Hall–Kier alpha value is -1.41. The van der Waals surface area contributed by atoms with Gasteiger partial charge in [-0.3, -0.25) is 0 Å². The summed E-state index contributed by atoms with van der Waals surface area (Å²) >= 11 is 4.33. The van der Waals surface area contributed by atoms with Crippen molar-refractivity contribution in [3.8, 4) is 16.9 Å². The lowest BCUT2D eigenvalue weighted by molar-refractivity contribution is 0.304. The summed E-state index contributed by atoms with van der Waals surface area (Å²) < 4.78 is 5.88. The summed E-state index contributed by atoms with van der Waals surface area (Å²) in [5.74, 6) is 0.968. The molecule has 0 aliphatic rings. The molecule has 0 heterocycles. The van der Waals surface area contributed by atoms with Gasteiger partial charge in [0.2, 0.25) is 0 Å². The first-order valence-electron chi connectivity index (χ1n) is 10.3. The van der Waals surface area contributed by atoms with Crippen LogP contribution < -0.4 is 4.74 Å². The van der Waals surface area contributed by atoms with Crippen LogP contribution in [0.2, 0.25) is 0 Å². The van der Waals surface area contributed by atoms with E-state index in [0.717, 1.165) is 23.7 Å². The third-order valence-corrected chi connectivity index (χ3v) is 5.12. The highest BCUT2D eigenvalue weighted by Crippen LogP contribution is 2.23. The summed E-state index contributed by atoms with van der Waals surface area (Å²) in [5.41, 5.74) is 2.42. The second-order valence-electron chi connectivity index (χ2n) is 7.10. The molecule has 0 N–H and O–H groups in total. The number of unbranched alkanes of at least 4 members (excludes halogenated alkanes) is 9. The van der Waals surface area contributed by atoms with Gasteiger partial charge in [0.05, 0.1) is 6.61 Å². The molecule has 0 radical (unpaired) electrons. The van der Waals surface area contributed by atoms with Crippen molar-refractivity contribution >= 4 is 12.6 Å². The molecule has 0 saturated heterocycles. The Morgan fingerprint density at radius 3 is 1.62 bits per heavy atom. The largest absolute Gasteiger partial charge is 0.494 e. The molecule has 0 unspecified atom stereocenters. The summed E-state index contributed by atoms with van der Waals surface area (Å²) in [6, 6.07) is 16.6. The Morgan fingerprint density at radius 1 is 0.615 bits per heavy atom. The molecule has 0 fully saturated rings. The second kappa shape index (κ2) is 12.9. The molecule has 0 amide bonds. The van der Waals surface area contributed by atoms with Gasteiger partial charge in [0.25, 0.3) is 0 Å². The van der Waals surface area contributed by atoms with Crippen molar-refractivity contribution in [2.45, 2.75) is 76.0 Å². The molecule has 2 aromatic carbocycles. The molecule has 0 spiro atoms. The van der Waals surface area contributed by atoms with Gasteiger partial charge in [-0.15, -0.1) is 12.6 Å². The Labute approximate surface area is 165 Å². The maximum atomic E-state index is 5.88. The quantitative estimate of drug-likeness (QED) is 0.278. The molecule has 0 aliphatic carbocycles. The minimum Gasteiger partial charge on any atom is -0.494 e. The van der Waals surface area contributed by atoms with Gasteiger partial charge in [-0.2, -0.15) is 0 Å². The fraction of sp³-hybridized carbons (Fsp3) is 0.500. The summed E-state index contributed by atoms with van der Waals surface area (Å²) in [6.07, 6.45) is 13.6. The molecule has 2 rings (SSSR count). The third-order valence-electron chi connectivity index (χ3n) is 4.82. The number of benzene rings is 2. The van der Waals surface area contributed by atoms with Gasteiger partial charge >= 0.3 is 0 Å². The predicted octanol–water partition coefficient (Wildman–Crippen LogP) is 7.94. The van der Waals surface area contributed by atoms with E-state index in [-0.39, 0.29) is 0 Å². The van der Waals surface area contributed by atoms with Crippen molar-refractivity contribution in [1.82, 2.24) is 0 Å². The number of rotatable bonds is 13. The topological polar surface area (TPSA) is 9.23 Å². The molecule has 0 saturated carbocycles. The van der Waals surface area contributed by atoms with Crippen molar-refractivity contribution in [3.63, 3.8) is 0 Å². The Balaban J connectivity index is 1.54. The van der Waals surface area contributed by atoms with Gasteiger partial charge < -0.3 is 4.74 Å². The van der Waals surface area contributed by atoms with E-state index in [0.29, 0.717) is 0 Å². The average Bonchev–Trinajstić information content (AvgIpc) is 2.67. The van der Waals surface area contributed by atoms with E-state index in [1.165, 1.54) is 68.9 Å². The first-order chi connectivity index (χ1) is 12.8. The van der Waals surface area contributed by atoms with Crippen molar-refractivity contribution in [2.24, 2.45) is 0 Å². The van der Waals surface area contributed by atoms with Crippen molar-refractivity contribution in [2.75, 3.05) is 6.61 Å². The van der Waals surface area contributed by atoms with Gasteiger partial charge in [-0.05, 0) is 41.8 Å². The predicted molar refractivity (Wildman–Crippen MR) is 116 cm³/mol. The van der Waals surface area contributed by atoms with Crippen LogP contribution in [-0.4, -0.2) is 6.61 Å². The molecule has 0 aromatic heterocycles. The molecule has 142 valence electrons. The molecular formula is C24H34OS. The smallest absolute Gasteiger partial charge is 0.119 e. The minimum absolute atomic E-state index is 0.824. The molecule has 2 heteroatoms. The van der Waals surface area contributed by atoms with Crippen LogP contribution >= 0.6 is 12.6 Å². The van der Waals surface area contributed by atoms with Gasteiger partial charge in [-0.25, -0.2) is 0 Å². The number of hydrogen-bond acceptors (Lipinski definition) is 2. The van der Waals surface area contributed by atoms with E-state index in [4.69, 9.17) is 4.74 Å². The lowest BCUT2D eigenvalue weighted by Crippen LogP contribution is -1.97. The highest BCUT2D eigenvalue weighted by atomic mass is 32.1. The van der Waals surface area contributed by atoms with Crippen LogP contribution in [0.15, 0.2) is 53.4 Å². The highest BCUT2D eigenvalue weighted by Gasteiger charge is 1.99. The minimum atomic E-state index is 0.824. The van der Waals surface area contributed by atoms with Gasteiger partial charge in [0.15, 0.2) is 0 Å². The van der Waals surface area contributed by atoms with Gasteiger partial charge in [-0.1, -0.05) is 89.0 Å². The Morgan fingerprint density at radius 2 is 1.08 bits per heavy atom. The fourth-order valence-electron chi connectivity index (χ4n) is 3.18. The van der Waals surface area contributed by atoms with E-state index >= 15 is 0 Å². The Kier molecular flexibility index (Phi) is 10.3. The maximum absolute atomic E-state index is 5.88. The fourth-order valence-corrected chi connectivity index (χ4v) is 3.33. The summed E-state index contributed by atoms with van der Waals surface area (Å²) in [6.45, 7) is 3.10. The van der Waals surface area contributed by atoms with E-state index in [2.05, 4.69) is 56.0 Å². The average molecular weight is 371 g/mol.